The highest BCUT2D eigenvalue weighted by Gasteiger charge is 2.30. The van der Waals surface area contributed by atoms with Gasteiger partial charge in [-0.25, -0.2) is 0 Å². The first-order valence-electron chi connectivity index (χ1n) is 11.0. The summed E-state index contributed by atoms with van der Waals surface area (Å²) in [6.45, 7) is 6.55. The predicted octanol–water partition coefficient (Wildman–Crippen LogP) is 3.97. The molecule has 0 N–H and O–H groups in total. The Kier molecular flexibility index (Phi) is 5.84. The standard InChI is InChI=1S/C24H31N3O2/c1-3-18-9-10-22-20(16-18)21(15-17(2)25-22)24(29)27-13-11-26(12-14-27)23(28)19-7-5-4-6-8-19/h9-10,15-16,19H,3-8,11-14H2,1-2H3. The van der Waals surface area contributed by atoms with Crippen molar-refractivity contribution in [2.24, 2.45) is 5.92 Å². The maximum absolute atomic E-state index is 13.3. The van der Waals surface area contributed by atoms with Gasteiger partial charge in [-0.15, -0.1) is 0 Å². The van der Waals surface area contributed by atoms with Crippen molar-refractivity contribution < 1.29 is 9.59 Å². The number of aryl methyl sites for hydroxylation is 2. The molecule has 5 nitrogen and oxygen atoms in total. The summed E-state index contributed by atoms with van der Waals surface area (Å²) in [7, 11) is 0. The van der Waals surface area contributed by atoms with Gasteiger partial charge in [0.2, 0.25) is 5.91 Å². The molecule has 0 atom stereocenters. The Balaban J connectivity index is 1.49. The lowest BCUT2D eigenvalue weighted by atomic mass is 9.88. The molecule has 1 saturated carbocycles. The number of benzene rings is 1. The second-order valence-electron chi connectivity index (χ2n) is 8.47. The van der Waals surface area contributed by atoms with Crippen molar-refractivity contribution in [1.82, 2.24) is 14.8 Å². The number of rotatable bonds is 3. The van der Waals surface area contributed by atoms with Crippen molar-refractivity contribution in [3.8, 4) is 0 Å². The summed E-state index contributed by atoms with van der Waals surface area (Å²) in [6, 6.07) is 8.10. The summed E-state index contributed by atoms with van der Waals surface area (Å²) in [4.78, 5) is 34.6. The van der Waals surface area contributed by atoms with Crippen molar-refractivity contribution >= 4 is 22.7 Å². The molecule has 0 unspecified atom stereocenters. The van der Waals surface area contributed by atoms with E-state index < -0.39 is 0 Å². The zero-order chi connectivity index (χ0) is 20.4. The van der Waals surface area contributed by atoms with Crippen LogP contribution < -0.4 is 0 Å². The van der Waals surface area contributed by atoms with E-state index in [0.717, 1.165) is 41.4 Å². The first-order chi connectivity index (χ1) is 14.1. The molecule has 0 spiro atoms. The third-order valence-electron chi connectivity index (χ3n) is 6.47. The summed E-state index contributed by atoms with van der Waals surface area (Å²) >= 11 is 0. The second kappa shape index (κ2) is 8.52. The van der Waals surface area contributed by atoms with Crippen LogP contribution in [0.15, 0.2) is 24.3 Å². The summed E-state index contributed by atoms with van der Waals surface area (Å²) in [5, 5.41) is 0.931. The van der Waals surface area contributed by atoms with Gasteiger partial charge in [-0.05, 0) is 49.9 Å². The Morgan fingerprint density at radius 3 is 2.38 bits per heavy atom. The van der Waals surface area contributed by atoms with E-state index in [4.69, 9.17) is 0 Å². The highest BCUT2D eigenvalue weighted by Crippen LogP contribution is 2.26. The lowest BCUT2D eigenvalue weighted by Gasteiger charge is -2.37. The van der Waals surface area contributed by atoms with Crippen LogP contribution in [0.2, 0.25) is 0 Å². The van der Waals surface area contributed by atoms with E-state index in [1.54, 1.807) is 0 Å². The van der Waals surface area contributed by atoms with Crippen molar-refractivity contribution in [3.05, 3.63) is 41.1 Å². The van der Waals surface area contributed by atoms with Crippen LogP contribution in [0.4, 0.5) is 0 Å². The molecule has 1 aromatic heterocycles. The maximum Gasteiger partial charge on any atom is 0.254 e. The molecule has 4 rings (SSSR count). The summed E-state index contributed by atoms with van der Waals surface area (Å²) < 4.78 is 0. The van der Waals surface area contributed by atoms with Gasteiger partial charge in [0.15, 0.2) is 0 Å². The molecule has 2 amide bonds. The van der Waals surface area contributed by atoms with Gasteiger partial charge < -0.3 is 9.80 Å². The largest absolute Gasteiger partial charge is 0.339 e. The van der Waals surface area contributed by atoms with Crippen molar-refractivity contribution in [3.63, 3.8) is 0 Å². The van der Waals surface area contributed by atoms with Crippen LogP contribution in [0.5, 0.6) is 0 Å². The number of pyridine rings is 1. The van der Waals surface area contributed by atoms with E-state index in [1.807, 2.05) is 28.9 Å². The second-order valence-corrected chi connectivity index (χ2v) is 8.47. The lowest BCUT2D eigenvalue weighted by molar-refractivity contribution is -0.138. The van der Waals surface area contributed by atoms with Crippen LogP contribution in [-0.2, 0) is 11.2 Å². The third kappa shape index (κ3) is 4.14. The van der Waals surface area contributed by atoms with Crippen molar-refractivity contribution in [1.29, 1.82) is 0 Å². The quantitative estimate of drug-likeness (QED) is 0.793. The number of hydrogen-bond acceptors (Lipinski definition) is 3. The molecule has 0 bridgehead atoms. The van der Waals surface area contributed by atoms with Crippen LogP contribution in [0, 0.1) is 12.8 Å². The number of fused-ring (bicyclic) bond motifs is 1. The van der Waals surface area contributed by atoms with Crippen molar-refractivity contribution in [2.45, 2.75) is 52.4 Å². The molecule has 1 saturated heterocycles. The van der Waals surface area contributed by atoms with Gasteiger partial charge in [0, 0.05) is 43.2 Å². The van der Waals surface area contributed by atoms with Gasteiger partial charge in [-0.3, -0.25) is 14.6 Å². The zero-order valence-electron chi connectivity index (χ0n) is 17.6. The number of carbonyl (C=O) groups excluding carboxylic acids is 2. The fourth-order valence-electron chi connectivity index (χ4n) is 4.71. The summed E-state index contributed by atoms with van der Waals surface area (Å²) in [5.41, 5.74) is 3.67. The lowest BCUT2D eigenvalue weighted by Crippen LogP contribution is -2.52. The summed E-state index contributed by atoms with van der Waals surface area (Å²) in [5.74, 6) is 0.554. The average Bonchev–Trinajstić information content (AvgIpc) is 2.78. The Morgan fingerprint density at radius 2 is 1.69 bits per heavy atom. The zero-order valence-corrected chi connectivity index (χ0v) is 17.6. The van der Waals surface area contributed by atoms with Crippen LogP contribution in [0.3, 0.4) is 0 Å². The molecular weight excluding hydrogens is 362 g/mol. The van der Waals surface area contributed by atoms with Gasteiger partial charge in [0.1, 0.15) is 0 Å². The molecule has 2 aliphatic rings. The molecule has 1 aliphatic heterocycles. The van der Waals surface area contributed by atoms with E-state index in [1.165, 1.54) is 24.8 Å². The molecule has 1 aliphatic carbocycles. The van der Waals surface area contributed by atoms with Gasteiger partial charge in [0.05, 0.1) is 11.1 Å². The van der Waals surface area contributed by atoms with E-state index in [9.17, 15) is 9.59 Å². The first-order valence-corrected chi connectivity index (χ1v) is 11.0. The number of piperazine rings is 1. The smallest absolute Gasteiger partial charge is 0.254 e. The molecular formula is C24H31N3O2. The highest BCUT2D eigenvalue weighted by molar-refractivity contribution is 6.06. The Labute approximate surface area is 173 Å². The SMILES string of the molecule is CCc1ccc2nc(C)cc(C(=O)N3CCN(C(=O)C4CCCCC4)CC3)c2c1. The van der Waals surface area contributed by atoms with E-state index in [-0.39, 0.29) is 11.8 Å². The maximum atomic E-state index is 13.3. The first kappa shape index (κ1) is 19.9. The fourth-order valence-corrected chi connectivity index (χ4v) is 4.71. The van der Waals surface area contributed by atoms with E-state index in [2.05, 4.69) is 24.0 Å². The van der Waals surface area contributed by atoms with Gasteiger partial charge >= 0.3 is 0 Å². The number of nitrogens with zero attached hydrogens (tertiary/aromatic N) is 3. The predicted molar refractivity (Wildman–Crippen MR) is 115 cm³/mol. The Bertz CT molecular complexity index is 910. The highest BCUT2D eigenvalue weighted by atomic mass is 16.2. The molecule has 5 heteroatoms. The summed E-state index contributed by atoms with van der Waals surface area (Å²) in [6.07, 6.45) is 6.58. The number of aromatic nitrogens is 1. The monoisotopic (exact) mass is 393 g/mol. The minimum absolute atomic E-state index is 0.0542. The molecule has 2 heterocycles. The van der Waals surface area contributed by atoms with Crippen molar-refractivity contribution in [2.75, 3.05) is 26.2 Å². The number of hydrogen-bond donors (Lipinski definition) is 0. The fraction of sp³-hybridized carbons (Fsp3) is 0.542. The van der Waals surface area contributed by atoms with Gasteiger partial charge in [-0.2, -0.15) is 0 Å². The average molecular weight is 394 g/mol. The van der Waals surface area contributed by atoms with Crippen LogP contribution in [0.1, 0.15) is 60.6 Å². The van der Waals surface area contributed by atoms with Gasteiger partial charge in [-0.1, -0.05) is 32.3 Å². The van der Waals surface area contributed by atoms with E-state index >= 15 is 0 Å². The minimum Gasteiger partial charge on any atom is -0.339 e. The van der Waals surface area contributed by atoms with Crippen LogP contribution >= 0.6 is 0 Å². The molecule has 29 heavy (non-hydrogen) atoms. The van der Waals surface area contributed by atoms with Crippen LogP contribution in [-0.4, -0.2) is 52.8 Å². The van der Waals surface area contributed by atoms with E-state index in [0.29, 0.717) is 32.1 Å². The molecule has 2 aromatic rings. The topological polar surface area (TPSA) is 53.5 Å². The minimum atomic E-state index is 0.0542. The number of amides is 2. The molecule has 0 radical (unpaired) electrons. The number of carbonyl (C=O) groups is 2. The van der Waals surface area contributed by atoms with Gasteiger partial charge in [0.25, 0.3) is 5.91 Å². The molecule has 1 aromatic carbocycles. The Morgan fingerprint density at radius 1 is 1.00 bits per heavy atom. The third-order valence-corrected chi connectivity index (χ3v) is 6.47. The normalized spacial score (nSPS) is 18.3. The van der Waals surface area contributed by atoms with Crippen LogP contribution in [0.25, 0.3) is 10.9 Å². The molecule has 154 valence electrons. The Hall–Kier alpha value is -2.43. The molecule has 2 fully saturated rings.